The van der Waals surface area contributed by atoms with E-state index in [4.69, 9.17) is 14.2 Å². The molecule has 2 amide bonds. The smallest absolute Gasteiger partial charge is 0.245 e. The molecule has 2 N–H and O–H groups in total. The topological polar surface area (TPSA) is 106 Å². The number of hydrogen-bond donors (Lipinski definition) is 2. The summed E-state index contributed by atoms with van der Waals surface area (Å²) >= 11 is 1.84. The summed E-state index contributed by atoms with van der Waals surface area (Å²) in [5, 5.41) is 6.30. The molecule has 216 valence electrons. The highest BCUT2D eigenvalue weighted by Crippen LogP contribution is 2.50. The summed E-state index contributed by atoms with van der Waals surface area (Å²) in [5.74, 6) is 3.09. The van der Waals surface area contributed by atoms with Gasteiger partial charge in [0.2, 0.25) is 23.0 Å². The number of methoxy groups -OCH3 is 3. The fourth-order valence-corrected chi connectivity index (χ4v) is 6.39. The molecular formula is C30H39N3O6S. The lowest BCUT2D eigenvalue weighted by Crippen LogP contribution is -2.49. The van der Waals surface area contributed by atoms with Gasteiger partial charge in [0.25, 0.3) is 0 Å². The van der Waals surface area contributed by atoms with E-state index in [9.17, 15) is 14.4 Å². The second-order valence-electron chi connectivity index (χ2n) is 10.4. The summed E-state index contributed by atoms with van der Waals surface area (Å²) in [4.78, 5) is 41.2. The van der Waals surface area contributed by atoms with Crippen LogP contribution in [0.1, 0.15) is 44.4 Å². The van der Waals surface area contributed by atoms with Crippen molar-refractivity contribution in [1.29, 1.82) is 0 Å². The van der Waals surface area contributed by atoms with Gasteiger partial charge in [-0.05, 0) is 53.6 Å². The summed E-state index contributed by atoms with van der Waals surface area (Å²) in [7, 11) is 4.70. The van der Waals surface area contributed by atoms with Crippen molar-refractivity contribution in [3.05, 3.63) is 45.6 Å². The summed E-state index contributed by atoms with van der Waals surface area (Å²) in [6.45, 7) is 6.83. The third-order valence-electron chi connectivity index (χ3n) is 7.48. The zero-order valence-electron chi connectivity index (χ0n) is 24.1. The van der Waals surface area contributed by atoms with E-state index in [1.807, 2.05) is 42.6 Å². The van der Waals surface area contributed by atoms with Gasteiger partial charge in [-0.2, -0.15) is 11.8 Å². The average molecular weight is 570 g/mol. The van der Waals surface area contributed by atoms with Crippen LogP contribution in [0.15, 0.2) is 29.1 Å². The molecule has 0 aromatic heterocycles. The van der Waals surface area contributed by atoms with Crippen molar-refractivity contribution in [2.45, 2.75) is 45.7 Å². The minimum Gasteiger partial charge on any atom is -0.493 e. The molecule has 1 fully saturated rings. The number of aryl methyl sites for hydroxylation is 1. The molecule has 1 heterocycles. The number of anilines is 1. The SMILES string of the molecule is COc1cc2c(c(OC)c1OC)-c1ccc(N[C@@H](C(=O)N3CCSCC3)C(C)C)c(=O)cc1[C@@H](NC(C)=O)CC2. The molecule has 1 saturated heterocycles. The van der Waals surface area contributed by atoms with Crippen molar-refractivity contribution in [3.8, 4) is 28.4 Å². The second-order valence-corrected chi connectivity index (χ2v) is 11.6. The molecule has 10 heteroatoms. The van der Waals surface area contributed by atoms with E-state index >= 15 is 0 Å². The Morgan fingerprint density at radius 2 is 1.73 bits per heavy atom. The number of hydrogen-bond acceptors (Lipinski definition) is 8. The number of rotatable bonds is 8. The molecule has 0 unspecified atom stereocenters. The molecule has 0 saturated carbocycles. The molecule has 0 spiro atoms. The highest BCUT2D eigenvalue weighted by atomic mass is 32.2. The number of benzene rings is 1. The lowest BCUT2D eigenvalue weighted by molar-refractivity contribution is -0.132. The lowest BCUT2D eigenvalue weighted by Gasteiger charge is -2.32. The number of fused-ring (bicyclic) bond motifs is 3. The Morgan fingerprint density at radius 1 is 1.02 bits per heavy atom. The minimum absolute atomic E-state index is 0.00254. The van der Waals surface area contributed by atoms with Crippen molar-refractivity contribution in [1.82, 2.24) is 10.2 Å². The average Bonchev–Trinajstić information content (AvgIpc) is 3.18. The maximum absolute atomic E-state index is 13.7. The molecule has 40 heavy (non-hydrogen) atoms. The van der Waals surface area contributed by atoms with Gasteiger partial charge in [-0.3, -0.25) is 14.4 Å². The zero-order valence-corrected chi connectivity index (χ0v) is 24.9. The van der Waals surface area contributed by atoms with Crippen molar-refractivity contribution in [2.75, 3.05) is 51.2 Å². The Kier molecular flexibility index (Phi) is 9.50. The second kappa shape index (κ2) is 12.8. The van der Waals surface area contributed by atoms with Gasteiger partial charge >= 0.3 is 0 Å². The normalized spacial score (nSPS) is 17.2. The van der Waals surface area contributed by atoms with E-state index in [2.05, 4.69) is 10.6 Å². The summed E-state index contributed by atoms with van der Waals surface area (Å²) in [6.07, 6.45) is 1.19. The molecule has 1 aliphatic carbocycles. The Morgan fingerprint density at radius 3 is 2.33 bits per heavy atom. The highest BCUT2D eigenvalue weighted by molar-refractivity contribution is 7.99. The van der Waals surface area contributed by atoms with E-state index in [0.717, 1.165) is 28.2 Å². The third kappa shape index (κ3) is 6.01. The van der Waals surface area contributed by atoms with Gasteiger partial charge < -0.3 is 29.7 Å². The molecule has 9 nitrogen and oxygen atoms in total. The lowest BCUT2D eigenvalue weighted by atomic mass is 9.95. The van der Waals surface area contributed by atoms with E-state index in [-0.39, 0.29) is 23.2 Å². The number of carbonyl (C=O) groups excluding carboxylic acids is 2. The van der Waals surface area contributed by atoms with Gasteiger partial charge in [0.15, 0.2) is 11.5 Å². The maximum atomic E-state index is 13.7. The zero-order chi connectivity index (χ0) is 29.0. The van der Waals surface area contributed by atoms with Crippen LogP contribution < -0.4 is 30.3 Å². The number of thioether (sulfide) groups is 1. The van der Waals surface area contributed by atoms with E-state index in [0.29, 0.717) is 54.4 Å². The van der Waals surface area contributed by atoms with Crippen molar-refractivity contribution < 1.29 is 23.8 Å². The van der Waals surface area contributed by atoms with Gasteiger partial charge in [0, 0.05) is 37.1 Å². The predicted octanol–water partition coefficient (Wildman–Crippen LogP) is 3.87. The molecule has 2 aromatic rings. The minimum atomic E-state index is -0.546. The fraction of sp³-hybridized carbons (Fsp3) is 0.500. The summed E-state index contributed by atoms with van der Waals surface area (Å²) < 4.78 is 17.1. The molecule has 2 aliphatic rings. The van der Waals surface area contributed by atoms with Gasteiger partial charge in [-0.25, -0.2) is 0 Å². The van der Waals surface area contributed by atoms with Gasteiger partial charge in [-0.15, -0.1) is 0 Å². The van der Waals surface area contributed by atoms with E-state index in [1.165, 1.54) is 6.92 Å². The Hall–Kier alpha value is -3.40. The van der Waals surface area contributed by atoms with Crippen LogP contribution in [-0.2, 0) is 16.0 Å². The van der Waals surface area contributed by atoms with E-state index in [1.54, 1.807) is 33.5 Å². The molecule has 0 bridgehead atoms. The van der Waals surface area contributed by atoms with Crippen LogP contribution in [0.3, 0.4) is 0 Å². The van der Waals surface area contributed by atoms with E-state index < -0.39 is 12.1 Å². The predicted molar refractivity (Wildman–Crippen MR) is 159 cm³/mol. The molecular weight excluding hydrogens is 530 g/mol. The monoisotopic (exact) mass is 569 g/mol. The first-order valence-electron chi connectivity index (χ1n) is 13.6. The quantitative estimate of drug-likeness (QED) is 0.494. The number of nitrogens with zero attached hydrogens (tertiary/aromatic N) is 1. The molecule has 0 radical (unpaired) electrons. The van der Waals surface area contributed by atoms with Gasteiger partial charge in [0.05, 0.1) is 33.1 Å². The van der Waals surface area contributed by atoms with Gasteiger partial charge in [-0.1, -0.05) is 19.9 Å². The van der Waals surface area contributed by atoms with Crippen LogP contribution in [0, 0.1) is 5.92 Å². The van der Waals surface area contributed by atoms with Crippen molar-refractivity contribution in [3.63, 3.8) is 0 Å². The maximum Gasteiger partial charge on any atom is 0.245 e. The third-order valence-corrected chi connectivity index (χ3v) is 8.42. The van der Waals surface area contributed by atoms with Crippen LogP contribution in [0.25, 0.3) is 11.1 Å². The molecule has 2 atom stereocenters. The first kappa shape index (κ1) is 29.6. The van der Waals surface area contributed by atoms with Crippen LogP contribution in [-0.4, -0.2) is 68.7 Å². The van der Waals surface area contributed by atoms with Crippen LogP contribution in [0.5, 0.6) is 17.2 Å². The Labute approximate surface area is 239 Å². The number of ether oxygens (including phenoxy) is 3. The van der Waals surface area contributed by atoms with Crippen LogP contribution in [0.2, 0.25) is 0 Å². The first-order chi connectivity index (χ1) is 19.2. The van der Waals surface area contributed by atoms with Crippen LogP contribution in [0.4, 0.5) is 5.69 Å². The number of amides is 2. The first-order valence-corrected chi connectivity index (χ1v) is 14.8. The van der Waals surface area contributed by atoms with Crippen molar-refractivity contribution in [2.24, 2.45) is 5.92 Å². The molecule has 4 rings (SSSR count). The Bertz CT molecular complexity index is 1330. The molecule has 2 aromatic carbocycles. The van der Waals surface area contributed by atoms with Crippen molar-refractivity contribution >= 4 is 29.3 Å². The van der Waals surface area contributed by atoms with Gasteiger partial charge in [0.1, 0.15) is 6.04 Å². The molecule has 1 aliphatic heterocycles. The standard InChI is InChI=1S/C30H39N3O6S/c1-17(2)27(30(36)33-11-13-40-14-12-33)32-23-10-8-20-21(16-24(23)35)22(31-18(3)34)9-7-19-15-25(37-4)28(38-5)29(39-6)26(19)20/h8,10,15-17,22,27H,7,9,11-14H2,1-6H3,(H,31,34)(H,32,35)/t22-,27+/m0/s1. The fourth-order valence-electron chi connectivity index (χ4n) is 5.49. The number of nitrogens with one attached hydrogen (secondary N) is 2. The number of carbonyl (C=O) groups is 2. The highest BCUT2D eigenvalue weighted by Gasteiger charge is 2.31. The Balaban J connectivity index is 1.88. The summed E-state index contributed by atoms with van der Waals surface area (Å²) in [6, 6.07) is 6.14. The largest absolute Gasteiger partial charge is 0.493 e. The summed E-state index contributed by atoms with van der Waals surface area (Å²) in [5.41, 5.74) is 3.23. The van der Waals surface area contributed by atoms with Crippen LogP contribution >= 0.6 is 11.8 Å².